The van der Waals surface area contributed by atoms with Crippen LogP contribution in [0.4, 0.5) is 9.59 Å². The Kier molecular flexibility index (Phi) is 9.35. The lowest BCUT2D eigenvalue weighted by Crippen LogP contribution is -2.47. The van der Waals surface area contributed by atoms with Crippen LogP contribution in [-0.4, -0.2) is 48.6 Å². The minimum Gasteiger partial charge on any atom is -0.465 e. The zero-order chi connectivity index (χ0) is 20.2. The van der Waals surface area contributed by atoms with Gasteiger partial charge in [-0.2, -0.15) is 0 Å². The maximum atomic E-state index is 12.3. The number of carbonyl (C=O) groups excluding carboxylic acids is 3. The van der Waals surface area contributed by atoms with E-state index in [1.54, 1.807) is 6.92 Å². The largest absolute Gasteiger partial charge is 0.465 e. The summed E-state index contributed by atoms with van der Waals surface area (Å²) in [6, 6.07) is 7.29. The van der Waals surface area contributed by atoms with Crippen molar-refractivity contribution < 1.29 is 24.3 Å². The molecule has 0 fully saturated rings. The number of hydrogen-bond donors (Lipinski definition) is 5. The zero-order valence-electron chi connectivity index (χ0n) is 15.5. The summed E-state index contributed by atoms with van der Waals surface area (Å²) in [5.41, 5.74) is 0.835. The average Bonchev–Trinajstić information content (AvgIpc) is 2.66. The van der Waals surface area contributed by atoms with E-state index in [-0.39, 0.29) is 18.5 Å². The number of urea groups is 1. The number of nitrogens with one attached hydrogen (secondary N) is 4. The van der Waals surface area contributed by atoms with E-state index in [0.29, 0.717) is 19.4 Å². The second kappa shape index (κ2) is 11.5. The van der Waals surface area contributed by atoms with Crippen LogP contribution in [0.5, 0.6) is 0 Å². The van der Waals surface area contributed by atoms with Gasteiger partial charge < -0.3 is 26.4 Å². The first kappa shape index (κ1) is 21.9. The smallest absolute Gasteiger partial charge is 0.405 e. The summed E-state index contributed by atoms with van der Waals surface area (Å²) in [5, 5.41) is 18.6. The van der Waals surface area contributed by atoms with Gasteiger partial charge in [-0.25, -0.2) is 9.59 Å². The molecule has 0 saturated carbocycles. The van der Waals surface area contributed by atoms with Crippen molar-refractivity contribution in [3.8, 4) is 0 Å². The predicted molar refractivity (Wildman–Crippen MR) is 99.3 cm³/mol. The first-order valence-corrected chi connectivity index (χ1v) is 8.69. The van der Waals surface area contributed by atoms with Crippen LogP contribution in [-0.2, 0) is 9.59 Å². The van der Waals surface area contributed by atoms with Gasteiger partial charge in [0.2, 0.25) is 5.78 Å². The third-order valence-electron chi connectivity index (χ3n) is 3.92. The Bertz CT molecular complexity index is 650. The summed E-state index contributed by atoms with van der Waals surface area (Å²) in [5.74, 6) is -1.67. The number of rotatable bonds is 10. The summed E-state index contributed by atoms with van der Waals surface area (Å²) in [4.78, 5) is 46.5. The van der Waals surface area contributed by atoms with Crippen molar-refractivity contribution in [3.05, 3.63) is 35.9 Å². The number of benzene rings is 1. The van der Waals surface area contributed by atoms with Crippen molar-refractivity contribution >= 4 is 23.8 Å². The fourth-order valence-corrected chi connectivity index (χ4v) is 2.43. The topological polar surface area (TPSA) is 137 Å². The van der Waals surface area contributed by atoms with Crippen LogP contribution in [0.25, 0.3) is 0 Å². The van der Waals surface area contributed by atoms with Gasteiger partial charge in [0.25, 0.3) is 5.91 Å². The summed E-state index contributed by atoms with van der Waals surface area (Å²) in [6.07, 6.45) is -0.211. The Labute approximate surface area is 157 Å². The molecule has 0 aliphatic heterocycles. The maximum Gasteiger partial charge on any atom is 0.405 e. The summed E-state index contributed by atoms with van der Waals surface area (Å²) < 4.78 is 0. The quantitative estimate of drug-likeness (QED) is 0.307. The number of carbonyl (C=O) groups is 4. The van der Waals surface area contributed by atoms with E-state index in [1.807, 2.05) is 30.3 Å². The summed E-state index contributed by atoms with van der Waals surface area (Å²) in [7, 11) is 1.50. The molecule has 1 rings (SSSR count). The van der Waals surface area contributed by atoms with Crippen molar-refractivity contribution in [1.29, 1.82) is 0 Å². The lowest BCUT2D eigenvalue weighted by atomic mass is 10.0. The molecule has 4 amide bonds. The molecule has 0 spiro atoms. The maximum absolute atomic E-state index is 12.3. The monoisotopic (exact) mass is 378 g/mol. The normalized spacial score (nSPS) is 12.4. The van der Waals surface area contributed by atoms with Crippen LogP contribution in [0, 0.1) is 0 Å². The standard InChI is InChI=1S/C18H26N4O5/c1-12(13-8-4-3-5-9-13)21-16(24)15(23)14(22-18(26)27)10-6-7-11-20-17(25)19-2/h3-5,8-9,12,14,22H,6-7,10-11H2,1-2H3,(H,21,24)(H,26,27)(H2,19,20,25)/t12-,14+/m1/s1. The first-order valence-electron chi connectivity index (χ1n) is 8.69. The highest BCUT2D eigenvalue weighted by Crippen LogP contribution is 2.11. The van der Waals surface area contributed by atoms with E-state index in [4.69, 9.17) is 5.11 Å². The molecule has 0 radical (unpaired) electrons. The fraction of sp³-hybridized carbons (Fsp3) is 0.444. The van der Waals surface area contributed by atoms with Crippen molar-refractivity contribution in [3.63, 3.8) is 0 Å². The van der Waals surface area contributed by atoms with Crippen molar-refractivity contribution in [2.24, 2.45) is 0 Å². The lowest BCUT2D eigenvalue weighted by Gasteiger charge is -2.18. The molecule has 0 aliphatic rings. The molecule has 148 valence electrons. The molecule has 0 heterocycles. The Morgan fingerprint density at radius 2 is 1.70 bits per heavy atom. The van der Waals surface area contributed by atoms with Gasteiger partial charge in [0.05, 0.1) is 6.04 Å². The highest BCUT2D eigenvalue weighted by molar-refractivity contribution is 6.38. The number of unbranched alkanes of at least 4 members (excludes halogenated alkanes) is 1. The number of ketones is 1. The van der Waals surface area contributed by atoms with Crippen LogP contribution in [0.2, 0.25) is 0 Å². The van der Waals surface area contributed by atoms with Gasteiger partial charge in [0.15, 0.2) is 0 Å². The number of hydrogen-bond acceptors (Lipinski definition) is 4. The highest BCUT2D eigenvalue weighted by Gasteiger charge is 2.27. The average molecular weight is 378 g/mol. The van der Waals surface area contributed by atoms with E-state index < -0.39 is 23.8 Å². The molecule has 9 heteroatoms. The molecule has 0 bridgehead atoms. The zero-order valence-corrected chi connectivity index (χ0v) is 15.5. The van der Waals surface area contributed by atoms with E-state index >= 15 is 0 Å². The second-order valence-corrected chi connectivity index (χ2v) is 5.97. The number of amides is 4. The molecule has 1 aromatic carbocycles. The van der Waals surface area contributed by atoms with E-state index in [1.165, 1.54) is 7.05 Å². The number of Topliss-reactive ketones (excluding diaryl/α,β-unsaturated/α-hetero) is 1. The molecule has 1 aromatic rings. The molecular formula is C18H26N4O5. The molecule has 0 aromatic heterocycles. The third kappa shape index (κ3) is 8.21. The molecule has 0 saturated heterocycles. The third-order valence-corrected chi connectivity index (χ3v) is 3.92. The van der Waals surface area contributed by atoms with E-state index in [9.17, 15) is 19.2 Å². The molecule has 0 unspecified atom stereocenters. The van der Waals surface area contributed by atoms with E-state index in [2.05, 4.69) is 21.3 Å². The van der Waals surface area contributed by atoms with Gasteiger partial charge in [0, 0.05) is 13.6 Å². The predicted octanol–water partition coefficient (Wildman–Crippen LogP) is 1.17. The van der Waals surface area contributed by atoms with Gasteiger partial charge in [-0.15, -0.1) is 0 Å². The Hall–Kier alpha value is -3.10. The van der Waals surface area contributed by atoms with Crippen molar-refractivity contribution in [2.45, 2.75) is 38.3 Å². The Morgan fingerprint density at radius 1 is 1.04 bits per heavy atom. The Balaban J connectivity index is 2.56. The summed E-state index contributed by atoms with van der Waals surface area (Å²) >= 11 is 0. The van der Waals surface area contributed by atoms with Gasteiger partial charge in [-0.1, -0.05) is 30.3 Å². The molecule has 5 N–H and O–H groups in total. The SMILES string of the molecule is CNC(=O)NCCCC[C@H](NC(=O)O)C(=O)C(=O)N[C@H](C)c1ccccc1. The van der Waals surface area contributed by atoms with Crippen LogP contribution < -0.4 is 21.3 Å². The summed E-state index contributed by atoms with van der Waals surface area (Å²) in [6.45, 7) is 2.12. The first-order chi connectivity index (χ1) is 12.8. The highest BCUT2D eigenvalue weighted by atomic mass is 16.4. The minimum absolute atomic E-state index is 0.160. The lowest BCUT2D eigenvalue weighted by molar-refractivity contribution is -0.139. The van der Waals surface area contributed by atoms with Gasteiger partial charge in [0.1, 0.15) is 6.04 Å². The van der Waals surface area contributed by atoms with Crippen molar-refractivity contribution in [2.75, 3.05) is 13.6 Å². The fourth-order valence-electron chi connectivity index (χ4n) is 2.43. The van der Waals surface area contributed by atoms with Crippen LogP contribution >= 0.6 is 0 Å². The van der Waals surface area contributed by atoms with Crippen molar-refractivity contribution in [1.82, 2.24) is 21.3 Å². The molecule has 2 atom stereocenters. The molecule has 0 aliphatic carbocycles. The van der Waals surface area contributed by atoms with Crippen LogP contribution in [0.1, 0.15) is 37.8 Å². The minimum atomic E-state index is -1.37. The van der Waals surface area contributed by atoms with Gasteiger partial charge in [-0.05, 0) is 31.7 Å². The second-order valence-electron chi connectivity index (χ2n) is 5.97. The van der Waals surface area contributed by atoms with Gasteiger partial charge >= 0.3 is 12.1 Å². The van der Waals surface area contributed by atoms with E-state index in [0.717, 1.165) is 5.56 Å². The Morgan fingerprint density at radius 3 is 2.30 bits per heavy atom. The van der Waals surface area contributed by atoms with Crippen LogP contribution in [0.15, 0.2) is 30.3 Å². The van der Waals surface area contributed by atoms with Crippen LogP contribution in [0.3, 0.4) is 0 Å². The molecule has 27 heavy (non-hydrogen) atoms. The molecular weight excluding hydrogens is 352 g/mol. The number of carboxylic acid groups (broad SMARTS) is 1. The van der Waals surface area contributed by atoms with Gasteiger partial charge in [-0.3, -0.25) is 9.59 Å². The molecule has 9 nitrogen and oxygen atoms in total.